The Morgan fingerprint density at radius 3 is 2.51 bits per heavy atom. The predicted molar refractivity (Wildman–Crippen MR) is 135 cm³/mol. The van der Waals surface area contributed by atoms with Crippen molar-refractivity contribution in [1.29, 1.82) is 10.5 Å². The van der Waals surface area contributed by atoms with Gasteiger partial charge in [-0.15, -0.1) is 11.3 Å². The normalized spacial score (nSPS) is 12.6. The molecule has 3 aromatic rings. The Bertz CT molecular complexity index is 1360. The smallest absolute Gasteiger partial charge is 0.266 e. The zero-order valence-electron chi connectivity index (χ0n) is 18.8. The van der Waals surface area contributed by atoms with Crippen molar-refractivity contribution in [2.24, 2.45) is 0 Å². The lowest BCUT2D eigenvalue weighted by atomic mass is 9.96. The molecule has 8 heteroatoms. The van der Waals surface area contributed by atoms with E-state index in [0.717, 1.165) is 36.1 Å². The molecule has 7 nitrogen and oxygen atoms in total. The van der Waals surface area contributed by atoms with Crippen molar-refractivity contribution in [3.05, 3.63) is 81.7 Å². The molecule has 2 aromatic carbocycles. The molecule has 2 N–H and O–H groups in total. The highest BCUT2D eigenvalue weighted by atomic mass is 32.1. The predicted octanol–water partition coefficient (Wildman–Crippen LogP) is 5.06. The molecular formula is C27H22N4O3S. The number of hydrogen-bond acceptors (Lipinski definition) is 6. The number of nitrogens with zero attached hydrogens (tertiary/aromatic N) is 2. The maximum atomic E-state index is 12.9. The number of fused-ring (bicyclic) bond motifs is 1. The molecular weight excluding hydrogens is 460 g/mol. The Balaban J connectivity index is 1.48. The minimum absolute atomic E-state index is 0.134. The maximum Gasteiger partial charge on any atom is 0.266 e. The summed E-state index contributed by atoms with van der Waals surface area (Å²) >= 11 is 1.40. The van der Waals surface area contributed by atoms with Gasteiger partial charge in [0.1, 0.15) is 28.5 Å². The number of nitrogens with one attached hydrogen (secondary N) is 2. The number of aryl methyl sites for hydroxylation is 1. The van der Waals surface area contributed by atoms with Gasteiger partial charge in [-0.2, -0.15) is 10.5 Å². The molecule has 0 fully saturated rings. The van der Waals surface area contributed by atoms with E-state index in [1.54, 1.807) is 36.4 Å². The van der Waals surface area contributed by atoms with Gasteiger partial charge in [-0.05, 0) is 55.5 Å². The largest absolute Gasteiger partial charge is 0.483 e. The molecule has 0 radical (unpaired) electrons. The fourth-order valence-electron chi connectivity index (χ4n) is 3.84. The van der Waals surface area contributed by atoms with Gasteiger partial charge in [0.05, 0.1) is 5.56 Å². The highest BCUT2D eigenvalue weighted by Gasteiger charge is 2.23. The van der Waals surface area contributed by atoms with Crippen molar-refractivity contribution in [3.63, 3.8) is 0 Å². The summed E-state index contributed by atoms with van der Waals surface area (Å²) in [6.45, 7) is -0.236. The summed E-state index contributed by atoms with van der Waals surface area (Å²) in [6.07, 6.45) is 5.23. The molecule has 1 aliphatic rings. The molecule has 35 heavy (non-hydrogen) atoms. The van der Waals surface area contributed by atoms with E-state index in [-0.39, 0.29) is 18.1 Å². The van der Waals surface area contributed by atoms with Crippen LogP contribution < -0.4 is 15.4 Å². The zero-order chi connectivity index (χ0) is 24.6. The molecule has 0 aliphatic heterocycles. The number of rotatable bonds is 7. The molecule has 1 aromatic heterocycles. The van der Waals surface area contributed by atoms with Crippen LogP contribution in [0.3, 0.4) is 0 Å². The summed E-state index contributed by atoms with van der Waals surface area (Å²) in [6, 6.07) is 20.0. The Morgan fingerprint density at radius 1 is 1.00 bits per heavy atom. The third-order valence-electron chi connectivity index (χ3n) is 5.51. The maximum absolute atomic E-state index is 12.9. The number of ether oxygens (including phenoxy) is 1. The Labute approximate surface area is 207 Å². The molecule has 0 bridgehead atoms. The lowest BCUT2D eigenvalue weighted by Gasteiger charge is -2.10. The van der Waals surface area contributed by atoms with E-state index in [9.17, 15) is 20.1 Å². The lowest BCUT2D eigenvalue weighted by molar-refractivity contribution is -0.118. The Hall–Kier alpha value is -4.40. The molecule has 0 spiro atoms. The second kappa shape index (κ2) is 11.1. The van der Waals surface area contributed by atoms with E-state index in [0.29, 0.717) is 27.6 Å². The van der Waals surface area contributed by atoms with Gasteiger partial charge in [-0.25, -0.2) is 0 Å². The first-order chi connectivity index (χ1) is 17.1. The van der Waals surface area contributed by atoms with Crippen LogP contribution in [0.5, 0.6) is 5.75 Å². The van der Waals surface area contributed by atoms with Gasteiger partial charge < -0.3 is 15.4 Å². The summed E-state index contributed by atoms with van der Waals surface area (Å²) in [5.74, 6) is -0.571. The summed E-state index contributed by atoms with van der Waals surface area (Å²) in [5, 5.41) is 25.2. The van der Waals surface area contributed by atoms with E-state index >= 15 is 0 Å². The van der Waals surface area contributed by atoms with Crippen LogP contribution in [0.25, 0.3) is 6.08 Å². The van der Waals surface area contributed by atoms with Crippen molar-refractivity contribution in [2.45, 2.75) is 25.7 Å². The van der Waals surface area contributed by atoms with E-state index in [1.807, 2.05) is 24.3 Å². The molecule has 1 heterocycles. The van der Waals surface area contributed by atoms with Gasteiger partial charge in [-0.3, -0.25) is 9.59 Å². The molecule has 0 saturated heterocycles. The summed E-state index contributed by atoms with van der Waals surface area (Å²) in [5.41, 5.74) is 2.50. The van der Waals surface area contributed by atoms with Gasteiger partial charge in [0.2, 0.25) is 0 Å². The summed E-state index contributed by atoms with van der Waals surface area (Å²) < 4.78 is 5.67. The third-order valence-corrected chi connectivity index (χ3v) is 6.72. The highest BCUT2D eigenvalue weighted by Crippen LogP contribution is 2.37. The van der Waals surface area contributed by atoms with Crippen LogP contribution in [-0.4, -0.2) is 18.4 Å². The molecule has 0 saturated carbocycles. The first-order valence-electron chi connectivity index (χ1n) is 11.1. The molecule has 2 amide bonds. The van der Waals surface area contributed by atoms with E-state index < -0.39 is 5.91 Å². The number of nitriles is 2. The number of carbonyl (C=O) groups is 2. The fraction of sp³-hybridized carbons (Fsp3) is 0.185. The van der Waals surface area contributed by atoms with Crippen molar-refractivity contribution in [1.82, 2.24) is 0 Å². The second-order valence-electron chi connectivity index (χ2n) is 7.89. The monoisotopic (exact) mass is 482 g/mol. The van der Waals surface area contributed by atoms with E-state index in [4.69, 9.17) is 4.74 Å². The number of thiophene rings is 1. The van der Waals surface area contributed by atoms with Gasteiger partial charge in [-0.1, -0.05) is 36.4 Å². The molecule has 0 unspecified atom stereocenters. The quantitative estimate of drug-likeness (QED) is 0.361. The topological polar surface area (TPSA) is 115 Å². The number of hydrogen-bond donors (Lipinski definition) is 2. The van der Waals surface area contributed by atoms with Crippen molar-refractivity contribution in [2.75, 3.05) is 17.2 Å². The average molecular weight is 483 g/mol. The average Bonchev–Trinajstić information content (AvgIpc) is 3.23. The Morgan fingerprint density at radius 2 is 1.74 bits per heavy atom. The highest BCUT2D eigenvalue weighted by molar-refractivity contribution is 7.16. The van der Waals surface area contributed by atoms with Crippen molar-refractivity contribution in [3.8, 4) is 17.9 Å². The van der Waals surface area contributed by atoms with Crippen LogP contribution in [0.1, 0.15) is 34.4 Å². The first-order valence-corrected chi connectivity index (χ1v) is 11.9. The third kappa shape index (κ3) is 5.75. The summed E-state index contributed by atoms with van der Waals surface area (Å²) in [4.78, 5) is 26.3. The first kappa shape index (κ1) is 23.7. The minimum atomic E-state index is -0.598. The molecule has 0 atom stereocenters. The SMILES string of the molecule is N#C/C(=C\c1ccccc1OCC(=O)Nc1ccccc1)C(=O)Nc1sc2c(c1C#N)CCCC2. The van der Waals surface area contributed by atoms with Gasteiger partial charge in [0.15, 0.2) is 6.61 Å². The van der Waals surface area contributed by atoms with Crippen molar-refractivity contribution >= 4 is 39.9 Å². The van der Waals surface area contributed by atoms with Gasteiger partial charge in [0, 0.05) is 16.1 Å². The van der Waals surface area contributed by atoms with E-state index in [2.05, 4.69) is 16.7 Å². The van der Waals surface area contributed by atoms with Crippen LogP contribution >= 0.6 is 11.3 Å². The van der Waals surface area contributed by atoms with E-state index in [1.165, 1.54) is 17.4 Å². The van der Waals surface area contributed by atoms with Crippen LogP contribution in [0.4, 0.5) is 10.7 Å². The van der Waals surface area contributed by atoms with Gasteiger partial charge >= 0.3 is 0 Å². The second-order valence-corrected chi connectivity index (χ2v) is 9.00. The zero-order valence-corrected chi connectivity index (χ0v) is 19.7. The van der Waals surface area contributed by atoms with Crippen LogP contribution in [0.15, 0.2) is 60.2 Å². The number of carbonyl (C=O) groups excluding carboxylic acids is 2. The van der Waals surface area contributed by atoms with Crippen molar-refractivity contribution < 1.29 is 14.3 Å². The number of amides is 2. The van der Waals surface area contributed by atoms with Crippen LogP contribution in [-0.2, 0) is 22.4 Å². The minimum Gasteiger partial charge on any atom is -0.483 e. The molecule has 174 valence electrons. The van der Waals surface area contributed by atoms with Crippen LogP contribution in [0.2, 0.25) is 0 Å². The van der Waals surface area contributed by atoms with Gasteiger partial charge in [0.25, 0.3) is 11.8 Å². The standard InChI is InChI=1S/C27H22N4O3S/c28-15-19(26(33)31-27-22(16-29)21-11-5-7-13-24(21)35-27)14-18-8-4-6-12-23(18)34-17-25(32)30-20-9-2-1-3-10-20/h1-4,6,8-10,12,14H,5,7,11,13,17H2,(H,30,32)(H,31,33)/b19-14+. The fourth-order valence-corrected chi connectivity index (χ4v) is 5.07. The Kier molecular flexibility index (Phi) is 7.57. The molecule has 4 rings (SSSR count). The molecule has 1 aliphatic carbocycles. The number of anilines is 2. The number of para-hydroxylation sites is 2. The lowest BCUT2D eigenvalue weighted by Crippen LogP contribution is -2.20. The van der Waals surface area contributed by atoms with Crippen LogP contribution in [0, 0.1) is 22.7 Å². The summed E-state index contributed by atoms with van der Waals surface area (Å²) in [7, 11) is 0. The number of benzene rings is 2.